The lowest BCUT2D eigenvalue weighted by Gasteiger charge is -2.10. The van der Waals surface area contributed by atoms with Crippen molar-refractivity contribution in [3.8, 4) is 17.2 Å². The molecule has 2 aromatic rings. The molecular formula is C14H11NO6. The van der Waals surface area contributed by atoms with Gasteiger partial charge in [0.15, 0.2) is 11.5 Å². The fourth-order valence-electron chi connectivity index (χ4n) is 1.74. The van der Waals surface area contributed by atoms with Crippen LogP contribution in [0.25, 0.3) is 0 Å². The molecule has 0 saturated heterocycles. The van der Waals surface area contributed by atoms with Crippen molar-refractivity contribution in [2.75, 3.05) is 7.11 Å². The van der Waals surface area contributed by atoms with Gasteiger partial charge < -0.3 is 14.6 Å². The molecule has 0 radical (unpaired) electrons. The lowest BCUT2D eigenvalue weighted by atomic mass is 10.1. The summed E-state index contributed by atoms with van der Waals surface area (Å²) >= 11 is 0. The van der Waals surface area contributed by atoms with Gasteiger partial charge in [-0.2, -0.15) is 0 Å². The summed E-state index contributed by atoms with van der Waals surface area (Å²) in [5, 5.41) is 19.8. The van der Waals surface area contributed by atoms with Crippen LogP contribution in [0, 0.1) is 10.1 Å². The molecule has 0 aromatic heterocycles. The molecule has 2 rings (SSSR count). The van der Waals surface area contributed by atoms with Crippen LogP contribution in [0.1, 0.15) is 10.4 Å². The molecule has 0 fully saturated rings. The van der Waals surface area contributed by atoms with E-state index in [0.717, 1.165) is 12.1 Å². The summed E-state index contributed by atoms with van der Waals surface area (Å²) < 4.78 is 10.6. The number of hydrogen-bond acceptors (Lipinski definition) is 5. The molecular weight excluding hydrogens is 278 g/mol. The second kappa shape index (κ2) is 5.91. The summed E-state index contributed by atoms with van der Waals surface area (Å²) in [6.45, 7) is 0. The Bertz CT molecular complexity index is 698. The van der Waals surface area contributed by atoms with E-state index in [0.29, 0.717) is 11.5 Å². The summed E-state index contributed by atoms with van der Waals surface area (Å²) in [6.07, 6.45) is 0. The molecule has 0 unspecified atom stereocenters. The molecule has 21 heavy (non-hydrogen) atoms. The molecule has 2 aromatic carbocycles. The molecule has 1 N–H and O–H groups in total. The maximum Gasteiger partial charge on any atom is 0.342 e. The first kappa shape index (κ1) is 14.3. The van der Waals surface area contributed by atoms with Gasteiger partial charge in [-0.25, -0.2) is 4.79 Å². The topological polar surface area (TPSA) is 98.9 Å². The standard InChI is InChI=1S/C14H11NO6/c1-20-12-4-2-3-5-13(12)21-9-6-7-10(14(16)17)11(8-9)15(18)19/h2-8H,1H3,(H,16,17). The molecule has 0 spiro atoms. The Hall–Kier alpha value is -3.09. The Kier molecular flexibility index (Phi) is 4.03. The zero-order valence-electron chi connectivity index (χ0n) is 11.0. The van der Waals surface area contributed by atoms with Gasteiger partial charge in [-0.15, -0.1) is 0 Å². The number of ether oxygens (including phenoxy) is 2. The lowest BCUT2D eigenvalue weighted by molar-refractivity contribution is -0.385. The fourth-order valence-corrected chi connectivity index (χ4v) is 1.74. The number of rotatable bonds is 5. The number of benzene rings is 2. The number of hydrogen-bond donors (Lipinski definition) is 1. The van der Waals surface area contributed by atoms with Crippen molar-refractivity contribution in [3.05, 3.63) is 58.1 Å². The number of nitrogens with zero attached hydrogens (tertiary/aromatic N) is 1. The van der Waals surface area contributed by atoms with Crippen LogP contribution >= 0.6 is 0 Å². The second-order valence-electron chi connectivity index (χ2n) is 3.99. The van der Waals surface area contributed by atoms with E-state index in [1.165, 1.54) is 13.2 Å². The number of carboxylic acids is 1. The Balaban J connectivity index is 2.39. The highest BCUT2D eigenvalue weighted by Crippen LogP contribution is 2.33. The normalized spacial score (nSPS) is 9.95. The smallest absolute Gasteiger partial charge is 0.342 e. The zero-order valence-corrected chi connectivity index (χ0v) is 11.0. The molecule has 108 valence electrons. The van der Waals surface area contributed by atoms with Crippen LogP contribution in [0.3, 0.4) is 0 Å². The number of nitro benzene ring substituents is 1. The van der Waals surface area contributed by atoms with E-state index in [4.69, 9.17) is 14.6 Å². The van der Waals surface area contributed by atoms with E-state index in [1.54, 1.807) is 24.3 Å². The lowest BCUT2D eigenvalue weighted by Crippen LogP contribution is -2.02. The number of aromatic carboxylic acids is 1. The van der Waals surface area contributed by atoms with Crippen LogP contribution in [0.5, 0.6) is 17.2 Å². The average molecular weight is 289 g/mol. The summed E-state index contributed by atoms with van der Waals surface area (Å²) in [7, 11) is 1.47. The van der Waals surface area contributed by atoms with E-state index in [9.17, 15) is 14.9 Å². The minimum absolute atomic E-state index is 0.149. The quantitative estimate of drug-likeness (QED) is 0.670. The molecule has 0 atom stereocenters. The highest BCUT2D eigenvalue weighted by molar-refractivity contribution is 5.92. The second-order valence-corrected chi connectivity index (χ2v) is 3.99. The Morgan fingerprint density at radius 1 is 1.19 bits per heavy atom. The maximum atomic E-state index is 10.9. The monoisotopic (exact) mass is 289 g/mol. The molecule has 0 aliphatic rings. The van der Waals surface area contributed by atoms with Gasteiger partial charge in [-0.05, 0) is 24.3 Å². The van der Waals surface area contributed by atoms with Gasteiger partial charge in [0.05, 0.1) is 18.1 Å². The van der Waals surface area contributed by atoms with Crippen LogP contribution < -0.4 is 9.47 Å². The van der Waals surface area contributed by atoms with Crippen LogP contribution in [0.15, 0.2) is 42.5 Å². The Morgan fingerprint density at radius 2 is 1.86 bits per heavy atom. The molecule has 0 heterocycles. The Labute approximate surface area is 119 Å². The molecule has 0 saturated carbocycles. The number of nitro groups is 1. The number of carboxylic acid groups (broad SMARTS) is 1. The van der Waals surface area contributed by atoms with Gasteiger partial charge in [0.1, 0.15) is 11.3 Å². The fraction of sp³-hybridized carbons (Fsp3) is 0.0714. The third-order valence-electron chi connectivity index (χ3n) is 2.69. The minimum atomic E-state index is -1.37. The predicted molar refractivity (Wildman–Crippen MR) is 73.1 cm³/mol. The summed E-state index contributed by atoms with van der Waals surface area (Å²) in [5.74, 6) is -0.387. The molecule has 0 aliphatic heterocycles. The third-order valence-corrected chi connectivity index (χ3v) is 2.69. The van der Waals surface area contributed by atoms with E-state index in [-0.39, 0.29) is 5.75 Å². The minimum Gasteiger partial charge on any atom is -0.493 e. The highest BCUT2D eigenvalue weighted by atomic mass is 16.6. The van der Waals surface area contributed by atoms with Crippen molar-refractivity contribution in [1.82, 2.24) is 0 Å². The van der Waals surface area contributed by atoms with Crippen molar-refractivity contribution in [3.63, 3.8) is 0 Å². The predicted octanol–water partition coefficient (Wildman–Crippen LogP) is 3.09. The van der Waals surface area contributed by atoms with Gasteiger partial charge in [-0.3, -0.25) is 10.1 Å². The van der Waals surface area contributed by atoms with Crippen molar-refractivity contribution in [2.24, 2.45) is 0 Å². The van der Waals surface area contributed by atoms with E-state index >= 15 is 0 Å². The van der Waals surface area contributed by atoms with E-state index < -0.39 is 22.1 Å². The molecule has 0 amide bonds. The van der Waals surface area contributed by atoms with Gasteiger partial charge in [0.25, 0.3) is 5.69 Å². The average Bonchev–Trinajstić information content (AvgIpc) is 2.47. The van der Waals surface area contributed by atoms with Gasteiger partial charge in [0.2, 0.25) is 0 Å². The number of para-hydroxylation sites is 2. The van der Waals surface area contributed by atoms with E-state index in [1.807, 2.05) is 0 Å². The van der Waals surface area contributed by atoms with Crippen LogP contribution in [-0.4, -0.2) is 23.1 Å². The first-order chi connectivity index (χ1) is 10.0. The van der Waals surface area contributed by atoms with Crippen molar-refractivity contribution in [1.29, 1.82) is 0 Å². The summed E-state index contributed by atoms with van der Waals surface area (Å²) in [5.41, 5.74) is -0.928. The Morgan fingerprint density at radius 3 is 2.43 bits per heavy atom. The SMILES string of the molecule is COc1ccccc1Oc1ccc(C(=O)O)c([N+](=O)[O-])c1. The van der Waals surface area contributed by atoms with Crippen LogP contribution in [-0.2, 0) is 0 Å². The first-order valence-corrected chi connectivity index (χ1v) is 5.85. The number of methoxy groups -OCH3 is 1. The zero-order chi connectivity index (χ0) is 15.4. The highest BCUT2D eigenvalue weighted by Gasteiger charge is 2.21. The molecule has 7 nitrogen and oxygen atoms in total. The van der Waals surface area contributed by atoms with Gasteiger partial charge in [-0.1, -0.05) is 12.1 Å². The maximum absolute atomic E-state index is 10.9. The summed E-state index contributed by atoms with van der Waals surface area (Å²) in [4.78, 5) is 21.1. The summed E-state index contributed by atoms with van der Waals surface area (Å²) in [6, 6.07) is 10.3. The van der Waals surface area contributed by atoms with Crippen molar-refractivity contribution in [2.45, 2.75) is 0 Å². The number of carbonyl (C=O) groups is 1. The van der Waals surface area contributed by atoms with Crippen LogP contribution in [0.2, 0.25) is 0 Å². The van der Waals surface area contributed by atoms with E-state index in [2.05, 4.69) is 0 Å². The first-order valence-electron chi connectivity index (χ1n) is 5.85. The van der Waals surface area contributed by atoms with Gasteiger partial charge >= 0.3 is 5.97 Å². The largest absolute Gasteiger partial charge is 0.493 e. The van der Waals surface area contributed by atoms with Crippen molar-refractivity contribution < 1.29 is 24.3 Å². The third kappa shape index (κ3) is 3.08. The van der Waals surface area contributed by atoms with Crippen molar-refractivity contribution >= 4 is 11.7 Å². The molecule has 0 aliphatic carbocycles. The molecule has 7 heteroatoms. The van der Waals surface area contributed by atoms with Crippen LogP contribution in [0.4, 0.5) is 5.69 Å². The van der Waals surface area contributed by atoms with Gasteiger partial charge in [0, 0.05) is 0 Å². The molecule has 0 bridgehead atoms.